The second kappa shape index (κ2) is 9.46. The number of nitro benzene ring substituents is 1. The summed E-state index contributed by atoms with van der Waals surface area (Å²) in [4.78, 5) is 38.8. The molecule has 0 radical (unpaired) electrons. The molecule has 0 N–H and O–H groups in total. The van der Waals surface area contributed by atoms with Gasteiger partial charge < -0.3 is 14.1 Å². The van der Waals surface area contributed by atoms with Crippen molar-refractivity contribution in [2.75, 3.05) is 18.6 Å². The second-order valence-corrected chi connectivity index (χ2v) is 7.87. The third-order valence-electron chi connectivity index (χ3n) is 5.01. The first-order valence-electron chi connectivity index (χ1n) is 9.84. The second-order valence-electron chi connectivity index (χ2n) is 7.07. The van der Waals surface area contributed by atoms with Gasteiger partial charge in [-0.15, -0.1) is 0 Å². The Morgan fingerprint density at radius 3 is 2.56 bits per heavy atom. The number of amides is 1. The Balaban J connectivity index is 1.74. The first-order valence-corrected chi connectivity index (χ1v) is 10.6. The number of anilines is 1. The van der Waals surface area contributed by atoms with Crippen molar-refractivity contribution < 1.29 is 23.7 Å². The van der Waals surface area contributed by atoms with Gasteiger partial charge in [-0.25, -0.2) is 0 Å². The zero-order valence-electron chi connectivity index (χ0n) is 17.6. The summed E-state index contributed by atoms with van der Waals surface area (Å²) in [6.07, 6.45) is 1.42. The molecule has 0 bridgehead atoms. The third-order valence-corrected chi connectivity index (χ3v) is 5.66. The quantitative estimate of drug-likeness (QED) is 0.159. The number of hydrogen-bond acceptors (Lipinski definition) is 7. The van der Waals surface area contributed by atoms with Crippen LogP contribution in [0, 0.1) is 10.1 Å². The predicted molar refractivity (Wildman–Crippen MR) is 129 cm³/mol. The van der Waals surface area contributed by atoms with Crippen molar-refractivity contribution in [3.8, 4) is 11.3 Å². The molecule has 1 fully saturated rings. The van der Waals surface area contributed by atoms with Crippen molar-refractivity contribution in [3.63, 3.8) is 0 Å². The van der Waals surface area contributed by atoms with Crippen LogP contribution in [-0.4, -0.2) is 40.5 Å². The highest BCUT2D eigenvalue weighted by Gasteiger charge is 2.40. The highest BCUT2D eigenvalue weighted by molar-refractivity contribution is 7.80. The van der Waals surface area contributed by atoms with Crippen LogP contribution in [-0.2, 0) is 14.3 Å². The standard InChI is InChI=1S/C23H16ClN3O6S/c1-32-21(28)13-25-19(22(29)26(23(25)34)15-8-6-14(24)7-9-15)12-16-10-11-20(33-16)17-4-2-3-5-18(17)27(30)31/h2-12H,13H2,1H3/b19-12-. The largest absolute Gasteiger partial charge is 0.468 e. The van der Waals surface area contributed by atoms with Gasteiger partial charge >= 0.3 is 5.97 Å². The van der Waals surface area contributed by atoms with E-state index in [1.54, 1.807) is 54.6 Å². The van der Waals surface area contributed by atoms with E-state index in [0.717, 1.165) is 0 Å². The predicted octanol–water partition coefficient (Wildman–Crippen LogP) is 4.66. The Bertz CT molecular complexity index is 1330. The van der Waals surface area contributed by atoms with Crippen molar-refractivity contribution in [1.29, 1.82) is 0 Å². The fourth-order valence-corrected chi connectivity index (χ4v) is 3.87. The van der Waals surface area contributed by atoms with Crippen molar-refractivity contribution in [2.24, 2.45) is 0 Å². The molecule has 0 aliphatic carbocycles. The number of hydrogen-bond donors (Lipinski definition) is 0. The zero-order chi connectivity index (χ0) is 24.4. The van der Waals surface area contributed by atoms with Gasteiger partial charge in [-0.05, 0) is 54.7 Å². The van der Waals surface area contributed by atoms with Gasteiger partial charge in [-0.1, -0.05) is 23.7 Å². The minimum Gasteiger partial charge on any atom is -0.468 e. The molecule has 0 saturated carbocycles. The molecule has 1 aliphatic rings. The summed E-state index contributed by atoms with van der Waals surface area (Å²) < 4.78 is 10.5. The van der Waals surface area contributed by atoms with Crippen LogP contribution in [0.2, 0.25) is 5.02 Å². The fraction of sp³-hybridized carbons (Fsp3) is 0.0870. The van der Waals surface area contributed by atoms with Crippen molar-refractivity contribution in [2.45, 2.75) is 0 Å². The minimum atomic E-state index is -0.598. The van der Waals surface area contributed by atoms with Crippen LogP contribution >= 0.6 is 23.8 Å². The molecule has 2 aromatic carbocycles. The molecule has 11 heteroatoms. The van der Waals surface area contributed by atoms with Gasteiger partial charge in [0.05, 0.1) is 23.3 Å². The third kappa shape index (κ3) is 4.41. The van der Waals surface area contributed by atoms with Gasteiger partial charge in [-0.2, -0.15) is 0 Å². The lowest BCUT2D eigenvalue weighted by molar-refractivity contribution is -0.384. The number of methoxy groups -OCH3 is 1. The highest BCUT2D eigenvalue weighted by atomic mass is 35.5. The summed E-state index contributed by atoms with van der Waals surface area (Å²) in [5.41, 5.74) is 0.724. The van der Waals surface area contributed by atoms with Gasteiger partial charge in [0.15, 0.2) is 5.11 Å². The summed E-state index contributed by atoms with van der Waals surface area (Å²) in [5, 5.41) is 11.9. The lowest BCUT2D eigenvalue weighted by Crippen LogP contribution is -2.35. The molecule has 34 heavy (non-hydrogen) atoms. The van der Waals surface area contributed by atoms with E-state index in [1.807, 2.05) is 0 Å². The van der Waals surface area contributed by atoms with E-state index in [1.165, 1.54) is 29.1 Å². The number of carbonyl (C=O) groups is 2. The molecule has 1 saturated heterocycles. The molecule has 1 amide bonds. The van der Waals surface area contributed by atoms with Gasteiger partial charge in [0.1, 0.15) is 23.8 Å². The van der Waals surface area contributed by atoms with Crippen LogP contribution in [0.1, 0.15) is 5.76 Å². The molecule has 1 aliphatic heterocycles. The SMILES string of the molecule is COC(=O)CN1C(=S)N(c2ccc(Cl)cc2)C(=O)/C1=C/c1ccc(-c2ccccc2[N+](=O)[O-])o1. The molecule has 4 rings (SSSR count). The van der Waals surface area contributed by atoms with Crippen molar-refractivity contribution in [1.82, 2.24) is 4.90 Å². The summed E-state index contributed by atoms with van der Waals surface area (Å²) in [5.74, 6) is -0.590. The van der Waals surface area contributed by atoms with Crippen molar-refractivity contribution in [3.05, 3.63) is 87.3 Å². The van der Waals surface area contributed by atoms with E-state index in [2.05, 4.69) is 0 Å². The maximum Gasteiger partial charge on any atom is 0.325 e. The minimum absolute atomic E-state index is 0.0776. The summed E-state index contributed by atoms with van der Waals surface area (Å²) >= 11 is 11.4. The van der Waals surface area contributed by atoms with Crippen LogP contribution in [0.5, 0.6) is 0 Å². The van der Waals surface area contributed by atoms with E-state index in [4.69, 9.17) is 33.0 Å². The lowest BCUT2D eigenvalue weighted by Gasteiger charge is -2.19. The average Bonchev–Trinajstić information content (AvgIpc) is 3.38. The number of furan rings is 1. The van der Waals surface area contributed by atoms with Crippen LogP contribution in [0.3, 0.4) is 0 Å². The Kier molecular flexibility index (Phi) is 6.44. The topological polar surface area (TPSA) is 106 Å². The Hall–Kier alpha value is -4.02. The fourth-order valence-electron chi connectivity index (χ4n) is 3.40. The number of thiocarbonyl (C=S) groups is 1. The first-order chi connectivity index (χ1) is 16.3. The summed E-state index contributed by atoms with van der Waals surface area (Å²) in [6.45, 7) is -0.297. The molecule has 0 spiro atoms. The number of halogens is 1. The molecule has 172 valence electrons. The van der Waals surface area contributed by atoms with Crippen molar-refractivity contribution >= 4 is 58.3 Å². The van der Waals surface area contributed by atoms with Crippen LogP contribution < -0.4 is 4.90 Å². The summed E-state index contributed by atoms with van der Waals surface area (Å²) in [6, 6.07) is 15.8. The molecular formula is C23H16ClN3O6S. The molecule has 9 nitrogen and oxygen atoms in total. The number of carbonyl (C=O) groups excluding carboxylic acids is 2. The number of nitro groups is 1. The van der Waals surface area contributed by atoms with Crippen LogP contribution in [0.4, 0.5) is 11.4 Å². The van der Waals surface area contributed by atoms with Gasteiger partial charge in [0.25, 0.3) is 11.6 Å². The molecule has 1 aromatic heterocycles. The van der Waals surface area contributed by atoms with E-state index in [0.29, 0.717) is 16.3 Å². The Morgan fingerprint density at radius 2 is 1.88 bits per heavy atom. The normalized spacial score (nSPS) is 14.7. The Morgan fingerprint density at radius 1 is 1.18 bits per heavy atom. The van der Waals surface area contributed by atoms with Crippen LogP contribution in [0.15, 0.2) is 70.8 Å². The number of rotatable bonds is 6. The highest BCUT2D eigenvalue weighted by Crippen LogP contribution is 2.33. The van der Waals surface area contributed by atoms with Gasteiger partial charge in [-0.3, -0.25) is 24.6 Å². The van der Waals surface area contributed by atoms with Gasteiger partial charge in [0.2, 0.25) is 0 Å². The number of ether oxygens (including phenoxy) is 1. The van der Waals surface area contributed by atoms with Crippen LogP contribution in [0.25, 0.3) is 17.4 Å². The van der Waals surface area contributed by atoms with E-state index >= 15 is 0 Å². The average molecular weight is 498 g/mol. The molecular weight excluding hydrogens is 482 g/mol. The van der Waals surface area contributed by atoms with E-state index in [-0.39, 0.29) is 34.6 Å². The lowest BCUT2D eigenvalue weighted by atomic mass is 10.1. The maximum atomic E-state index is 13.3. The summed E-state index contributed by atoms with van der Waals surface area (Å²) in [7, 11) is 1.23. The molecule has 0 atom stereocenters. The smallest absolute Gasteiger partial charge is 0.325 e. The number of para-hydroxylation sites is 1. The monoisotopic (exact) mass is 497 g/mol. The Labute approximate surface area is 203 Å². The zero-order valence-corrected chi connectivity index (χ0v) is 19.2. The number of benzene rings is 2. The van der Waals surface area contributed by atoms with E-state index < -0.39 is 16.8 Å². The number of nitrogens with zero attached hydrogens (tertiary/aromatic N) is 3. The maximum absolute atomic E-state index is 13.3. The molecule has 3 aromatic rings. The molecule has 0 unspecified atom stereocenters. The molecule has 2 heterocycles. The van der Waals surface area contributed by atoms with E-state index in [9.17, 15) is 19.7 Å². The number of esters is 1. The van der Waals surface area contributed by atoms with Gasteiger partial charge in [0, 0.05) is 17.2 Å². The first kappa shape index (κ1) is 23.1.